The molecule has 130 valence electrons. The second-order valence-corrected chi connectivity index (χ2v) is 4.60. The van der Waals surface area contributed by atoms with E-state index in [-0.39, 0.29) is 5.75 Å². The lowest BCUT2D eigenvalue weighted by atomic mass is 10.2. The second kappa shape index (κ2) is 9.94. The van der Waals surface area contributed by atoms with Gasteiger partial charge in [-0.05, 0) is 24.6 Å². The first-order valence-electron chi connectivity index (χ1n) is 7.25. The number of ether oxygens (including phenoxy) is 2. The van der Waals surface area contributed by atoms with Gasteiger partial charge in [-0.2, -0.15) is 13.2 Å². The van der Waals surface area contributed by atoms with Crippen LogP contribution in [-0.2, 0) is 11.3 Å². The van der Waals surface area contributed by atoms with Gasteiger partial charge in [0.1, 0.15) is 5.75 Å². The van der Waals surface area contributed by atoms with Crippen LogP contribution in [0.1, 0.15) is 12.5 Å². The lowest BCUT2D eigenvalue weighted by molar-refractivity contribution is -0.153. The zero-order valence-electron chi connectivity index (χ0n) is 13.2. The van der Waals surface area contributed by atoms with Gasteiger partial charge in [0, 0.05) is 26.7 Å². The van der Waals surface area contributed by atoms with E-state index in [1.165, 1.54) is 6.07 Å². The van der Waals surface area contributed by atoms with Gasteiger partial charge in [-0.3, -0.25) is 4.99 Å². The van der Waals surface area contributed by atoms with Crippen LogP contribution in [0.3, 0.4) is 0 Å². The molecule has 8 heteroatoms. The van der Waals surface area contributed by atoms with Gasteiger partial charge >= 0.3 is 6.18 Å². The number of nitrogens with one attached hydrogen (secondary N) is 2. The van der Waals surface area contributed by atoms with E-state index < -0.39 is 12.8 Å². The van der Waals surface area contributed by atoms with Crippen molar-refractivity contribution in [2.24, 2.45) is 4.99 Å². The number of hydrogen-bond donors (Lipinski definition) is 2. The molecular weight excluding hydrogens is 311 g/mol. The Morgan fingerprint density at radius 3 is 2.70 bits per heavy atom. The number of hydrogen-bond acceptors (Lipinski definition) is 3. The Morgan fingerprint density at radius 2 is 2.04 bits per heavy atom. The molecule has 0 amide bonds. The van der Waals surface area contributed by atoms with E-state index in [0.717, 1.165) is 5.56 Å². The lowest BCUT2D eigenvalue weighted by Gasteiger charge is -2.13. The van der Waals surface area contributed by atoms with Gasteiger partial charge in [-0.15, -0.1) is 0 Å². The number of nitrogens with zero attached hydrogens (tertiary/aromatic N) is 1. The predicted molar refractivity (Wildman–Crippen MR) is 82.7 cm³/mol. The van der Waals surface area contributed by atoms with E-state index in [9.17, 15) is 13.2 Å². The van der Waals surface area contributed by atoms with Crippen molar-refractivity contribution < 1.29 is 22.6 Å². The van der Waals surface area contributed by atoms with Crippen molar-refractivity contribution in [3.05, 3.63) is 29.8 Å². The summed E-state index contributed by atoms with van der Waals surface area (Å²) in [7, 11) is 1.64. The summed E-state index contributed by atoms with van der Waals surface area (Å²) in [4.78, 5) is 4.05. The normalized spacial score (nSPS) is 12.1. The van der Waals surface area contributed by atoms with Crippen LogP contribution in [-0.4, -0.2) is 45.5 Å². The molecule has 2 N–H and O–H groups in total. The van der Waals surface area contributed by atoms with Gasteiger partial charge in [-0.25, -0.2) is 0 Å². The summed E-state index contributed by atoms with van der Waals surface area (Å²) < 4.78 is 46.4. The summed E-state index contributed by atoms with van der Waals surface area (Å²) in [5.41, 5.74) is 0.789. The molecule has 1 aromatic rings. The van der Waals surface area contributed by atoms with E-state index in [1.54, 1.807) is 25.2 Å². The molecule has 23 heavy (non-hydrogen) atoms. The van der Waals surface area contributed by atoms with Crippen molar-refractivity contribution in [1.82, 2.24) is 10.6 Å². The van der Waals surface area contributed by atoms with Gasteiger partial charge in [0.25, 0.3) is 0 Å². The largest absolute Gasteiger partial charge is 0.484 e. The van der Waals surface area contributed by atoms with Crippen LogP contribution < -0.4 is 15.4 Å². The first kappa shape index (κ1) is 19.1. The summed E-state index contributed by atoms with van der Waals surface area (Å²) in [6.45, 7) is 2.86. The van der Waals surface area contributed by atoms with Crippen LogP contribution >= 0.6 is 0 Å². The molecule has 0 bridgehead atoms. The monoisotopic (exact) mass is 333 g/mol. The van der Waals surface area contributed by atoms with Crippen molar-refractivity contribution in [3.8, 4) is 5.75 Å². The molecule has 0 heterocycles. The molecule has 0 aliphatic carbocycles. The molecule has 0 atom stereocenters. The quantitative estimate of drug-likeness (QED) is 0.436. The fourth-order valence-corrected chi connectivity index (χ4v) is 1.70. The van der Waals surface area contributed by atoms with Crippen molar-refractivity contribution in [3.63, 3.8) is 0 Å². The standard InChI is InChI=1S/C15H22F3N3O2/c1-3-22-8-7-20-14(19-2)21-10-12-5-4-6-13(9-12)23-11-15(16,17)18/h4-6,9H,3,7-8,10-11H2,1-2H3,(H2,19,20,21). The van der Waals surface area contributed by atoms with Crippen molar-refractivity contribution >= 4 is 5.96 Å². The van der Waals surface area contributed by atoms with Crippen LogP contribution in [0.5, 0.6) is 5.75 Å². The van der Waals surface area contributed by atoms with Crippen LogP contribution in [0.25, 0.3) is 0 Å². The molecule has 0 saturated carbocycles. The summed E-state index contributed by atoms with van der Waals surface area (Å²) in [6.07, 6.45) is -4.35. The van der Waals surface area contributed by atoms with Crippen LogP contribution in [0.15, 0.2) is 29.3 Å². The smallest absolute Gasteiger partial charge is 0.422 e. The third kappa shape index (κ3) is 8.92. The molecular formula is C15H22F3N3O2. The maximum Gasteiger partial charge on any atom is 0.422 e. The van der Waals surface area contributed by atoms with Crippen molar-refractivity contribution in [2.45, 2.75) is 19.6 Å². The highest BCUT2D eigenvalue weighted by Gasteiger charge is 2.28. The van der Waals surface area contributed by atoms with Crippen LogP contribution in [0.4, 0.5) is 13.2 Å². The molecule has 1 rings (SSSR count). The molecule has 0 saturated heterocycles. The molecule has 0 aromatic heterocycles. The third-order valence-electron chi connectivity index (χ3n) is 2.73. The Hall–Kier alpha value is -1.96. The molecule has 0 radical (unpaired) electrons. The highest BCUT2D eigenvalue weighted by atomic mass is 19.4. The minimum Gasteiger partial charge on any atom is -0.484 e. The first-order valence-corrected chi connectivity index (χ1v) is 7.25. The molecule has 0 unspecified atom stereocenters. The highest BCUT2D eigenvalue weighted by Crippen LogP contribution is 2.19. The number of rotatable bonds is 8. The maximum absolute atomic E-state index is 12.1. The van der Waals surface area contributed by atoms with Crippen LogP contribution in [0, 0.1) is 0 Å². The van der Waals surface area contributed by atoms with E-state index in [1.807, 2.05) is 6.92 Å². The molecule has 1 aromatic carbocycles. The van der Waals surface area contributed by atoms with Gasteiger partial charge < -0.3 is 20.1 Å². The SMILES string of the molecule is CCOCCNC(=NC)NCc1cccc(OCC(F)(F)F)c1. The Kier molecular flexibility index (Phi) is 8.25. The number of guanidine groups is 1. The minimum absolute atomic E-state index is 0.181. The predicted octanol–water partition coefficient (Wildman–Crippen LogP) is 2.33. The Bertz CT molecular complexity index is 493. The molecule has 0 aliphatic heterocycles. The summed E-state index contributed by atoms with van der Waals surface area (Å²) >= 11 is 0. The van der Waals surface area contributed by atoms with Gasteiger partial charge in [0.05, 0.1) is 6.61 Å². The number of alkyl halides is 3. The minimum atomic E-state index is -4.35. The zero-order valence-corrected chi connectivity index (χ0v) is 13.2. The fraction of sp³-hybridized carbons (Fsp3) is 0.533. The molecule has 5 nitrogen and oxygen atoms in total. The Labute approximate surface area is 133 Å². The average molecular weight is 333 g/mol. The topological polar surface area (TPSA) is 54.9 Å². The highest BCUT2D eigenvalue weighted by molar-refractivity contribution is 5.79. The average Bonchev–Trinajstić information content (AvgIpc) is 2.52. The Balaban J connectivity index is 2.44. The van der Waals surface area contributed by atoms with Crippen molar-refractivity contribution in [1.29, 1.82) is 0 Å². The van der Waals surface area contributed by atoms with Crippen molar-refractivity contribution in [2.75, 3.05) is 33.4 Å². The van der Waals surface area contributed by atoms with E-state index in [2.05, 4.69) is 15.6 Å². The fourth-order valence-electron chi connectivity index (χ4n) is 1.70. The van der Waals surface area contributed by atoms with E-state index in [0.29, 0.717) is 32.3 Å². The van der Waals surface area contributed by atoms with Crippen LogP contribution in [0.2, 0.25) is 0 Å². The molecule has 0 fully saturated rings. The third-order valence-corrected chi connectivity index (χ3v) is 2.73. The lowest BCUT2D eigenvalue weighted by Crippen LogP contribution is -2.38. The van der Waals surface area contributed by atoms with Gasteiger partial charge in [0.15, 0.2) is 12.6 Å². The number of halogens is 3. The zero-order chi connectivity index (χ0) is 17.1. The summed E-state index contributed by atoms with van der Waals surface area (Å²) in [5, 5.41) is 6.14. The molecule has 0 aliphatic rings. The van der Waals surface area contributed by atoms with Gasteiger partial charge in [-0.1, -0.05) is 12.1 Å². The second-order valence-electron chi connectivity index (χ2n) is 4.60. The summed E-state index contributed by atoms with van der Waals surface area (Å²) in [5.74, 6) is 0.771. The maximum atomic E-state index is 12.1. The van der Waals surface area contributed by atoms with E-state index in [4.69, 9.17) is 9.47 Å². The summed E-state index contributed by atoms with van der Waals surface area (Å²) in [6, 6.07) is 6.49. The number of benzene rings is 1. The first-order chi connectivity index (χ1) is 10.9. The van der Waals surface area contributed by atoms with Gasteiger partial charge in [0.2, 0.25) is 0 Å². The molecule has 0 spiro atoms. The number of aliphatic imine (C=N–C) groups is 1. The van der Waals surface area contributed by atoms with E-state index >= 15 is 0 Å². The Morgan fingerprint density at radius 1 is 1.26 bits per heavy atom.